The van der Waals surface area contributed by atoms with Crippen LogP contribution in [0.25, 0.3) is 0 Å². The van der Waals surface area contributed by atoms with Crippen LogP contribution in [-0.2, 0) is 48.4 Å². The minimum atomic E-state index is -1.57. The van der Waals surface area contributed by atoms with Gasteiger partial charge >= 0.3 is 17.9 Å². The number of ketones is 3. The van der Waals surface area contributed by atoms with Crippen LogP contribution in [0.15, 0.2) is 72.8 Å². The average Bonchev–Trinajstić information content (AvgIpc) is 3.13. The van der Waals surface area contributed by atoms with Crippen molar-refractivity contribution < 1.29 is 58.3 Å². The second-order valence-corrected chi connectivity index (χ2v) is 14.8. The largest absolute Gasteiger partial charge is 0.461 e. The number of hydrogen-bond donors (Lipinski definition) is 3. The molecule has 0 amide bonds. The first-order valence-electron chi connectivity index (χ1n) is 17.9. The number of Topliss-reactive ketones (excluding diaryl/α,β-unsaturated/α-hetero) is 3. The van der Waals surface area contributed by atoms with Gasteiger partial charge < -0.3 is 34.4 Å². The van der Waals surface area contributed by atoms with Gasteiger partial charge in [0.1, 0.15) is 36.6 Å². The highest BCUT2D eigenvalue weighted by Gasteiger charge is 2.27. The van der Waals surface area contributed by atoms with E-state index in [9.17, 15) is 44.1 Å². The molecule has 0 saturated carbocycles. The first-order chi connectivity index (χ1) is 25.6. The molecule has 0 unspecified atom stereocenters. The van der Waals surface area contributed by atoms with E-state index in [1.807, 2.05) is 0 Å². The standard InChI is InChI=1S/C42H51NO12/c1-40(2,50)37(47)31-13-7-10-28(22-31)25-53-34(44)16-19-43(20-17-35(45)54-26-29-11-8-14-32(23-29)38(48)41(3,4)51)21-18-36(46)55-27-30-12-9-15-33(24-30)39(49)42(5,6)52/h7-15,22-24,50-52H,16-21,25-27H2,1-6H3. The molecule has 0 aliphatic heterocycles. The van der Waals surface area contributed by atoms with Gasteiger partial charge in [-0.3, -0.25) is 28.8 Å². The number of carbonyl (C=O) groups excluding carboxylic acids is 6. The van der Waals surface area contributed by atoms with Crippen molar-refractivity contribution in [3.05, 3.63) is 106 Å². The molecule has 0 radical (unpaired) electrons. The van der Waals surface area contributed by atoms with Gasteiger partial charge in [0.2, 0.25) is 0 Å². The molecule has 0 aliphatic carbocycles. The molecule has 0 fully saturated rings. The monoisotopic (exact) mass is 761 g/mol. The zero-order chi connectivity index (χ0) is 41.0. The fourth-order valence-corrected chi connectivity index (χ4v) is 5.26. The van der Waals surface area contributed by atoms with E-state index < -0.39 is 52.1 Å². The Labute approximate surface area is 321 Å². The van der Waals surface area contributed by atoms with Crippen LogP contribution >= 0.6 is 0 Å². The van der Waals surface area contributed by atoms with Gasteiger partial charge in [-0.25, -0.2) is 0 Å². The molecule has 3 N–H and O–H groups in total. The summed E-state index contributed by atoms with van der Waals surface area (Å²) in [5.41, 5.74) is -2.22. The zero-order valence-corrected chi connectivity index (χ0v) is 32.3. The average molecular weight is 762 g/mol. The first-order valence-corrected chi connectivity index (χ1v) is 17.9. The maximum atomic E-state index is 12.8. The van der Waals surface area contributed by atoms with Crippen LogP contribution < -0.4 is 0 Å². The predicted molar refractivity (Wildman–Crippen MR) is 201 cm³/mol. The molecule has 3 aromatic rings. The molecule has 0 spiro atoms. The summed E-state index contributed by atoms with van der Waals surface area (Å²) in [5, 5.41) is 30.2. The maximum Gasteiger partial charge on any atom is 0.307 e. The lowest BCUT2D eigenvalue weighted by atomic mass is 9.96. The van der Waals surface area contributed by atoms with E-state index >= 15 is 0 Å². The number of esters is 3. The van der Waals surface area contributed by atoms with Gasteiger partial charge in [0.15, 0.2) is 17.3 Å². The SMILES string of the molecule is CC(C)(O)C(=O)c1cccc(COC(=O)CCN(CCC(=O)OCc2cccc(C(=O)C(C)(C)O)c2)CCC(=O)OCc2cccc(C(=O)C(C)(C)O)c2)c1. The molecule has 3 aromatic carbocycles. The summed E-state index contributed by atoms with van der Waals surface area (Å²) in [4.78, 5) is 77.3. The molecule has 296 valence electrons. The molecule has 3 rings (SSSR count). The van der Waals surface area contributed by atoms with Crippen LogP contribution in [0.1, 0.15) is 109 Å². The molecule has 0 atom stereocenters. The summed E-state index contributed by atoms with van der Waals surface area (Å²) >= 11 is 0. The molecule has 55 heavy (non-hydrogen) atoms. The topological polar surface area (TPSA) is 194 Å². The van der Waals surface area contributed by atoms with Crippen molar-refractivity contribution in [1.29, 1.82) is 0 Å². The van der Waals surface area contributed by atoms with E-state index in [0.717, 1.165) is 0 Å². The van der Waals surface area contributed by atoms with Gasteiger partial charge in [-0.05, 0) is 76.4 Å². The summed E-state index contributed by atoms with van der Waals surface area (Å²) < 4.78 is 16.3. The number of carbonyl (C=O) groups is 6. The van der Waals surface area contributed by atoms with Gasteiger partial charge in [-0.1, -0.05) is 54.6 Å². The highest BCUT2D eigenvalue weighted by molar-refractivity contribution is 6.03. The minimum Gasteiger partial charge on any atom is -0.461 e. The number of benzene rings is 3. The van der Waals surface area contributed by atoms with Gasteiger partial charge in [0.05, 0.1) is 19.3 Å². The van der Waals surface area contributed by atoms with Crippen LogP contribution in [0.2, 0.25) is 0 Å². The van der Waals surface area contributed by atoms with E-state index in [0.29, 0.717) is 16.7 Å². The Morgan fingerprint density at radius 3 is 0.964 bits per heavy atom. The predicted octanol–water partition coefficient (Wildman–Crippen LogP) is 4.55. The fraction of sp³-hybridized carbons (Fsp3) is 0.429. The van der Waals surface area contributed by atoms with Crippen LogP contribution in [0.4, 0.5) is 0 Å². The number of nitrogens with zero attached hydrogens (tertiary/aromatic N) is 1. The summed E-state index contributed by atoms with van der Waals surface area (Å²) in [6.45, 7) is 8.35. The molecule has 0 bridgehead atoms. The second-order valence-electron chi connectivity index (χ2n) is 14.8. The third kappa shape index (κ3) is 14.9. The second kappa shape index (κ2) is 19.5. The molecule has 0 saturated heterocycles. The van der Waals surface area contributed by atoms with Gasteiger partial charge in [0, 0.05) is 36.3 Å². The molecular formula is C42H51NO12. The zero-order valence-electron chi connectivity index (χ0n) is 32.3. The molecule has 0 aliphatic rings. The van der Waals surface area contributed by atoms with E-state index in [2.05, 4.69) is 0 Å². The van der Waals surface area contributed by atoms with E-state index in [-0.39, 0.29) is 75.4 Å². The maximum absolute atomic E-state index is 12.8. The molecule has 0 aromatic heterocycles. The summed E-state index contributed by atoms with van der Waals surface area (Å²) in [5.74, 6) is -3.10. The van der Waals surface area contributed by atoms with E-state index in [1.165, 1.54) is 41.5 Å². The normalized spacial score (nSPS) is 11.9. The first kappa shape index (κ1) is 44.3. The third-order valence-electron chi connectivity index (χ3n) is 8.33. The molecular weight excluding hydrogens is 710 g/mol. The van der Waals surface area contributed by atoms with Crippen LogP contribution in [0, 0.1) is 0 Å². The lowest BCUT2D eigenvalue weighted by Gasteiger charge is -2.21. The fourth-order valence-electron chi connectivity index (χ4n) is 5.26. The number of hydrogen-bond acceptors (Lipinski definition) is 13. The van der Waals surface area contributed by atoms with E-state index in [4.69, 9.17) is 14.2 Å². The Balaban J connectivity index is 1.59. The lowest BCUT2D eigenvalue weighted by molar-refractivity contribution is -0.145. The van der Waals surface area contributed by atoms with Crippen molar-refractivity contribution in [2.75, 3.05) is 19.6 Å². The highest BCUT2D eigenvalue weighted by atomic mass is 16.5. The quantitative estimate of drug-likeness (QED) is 0.0779. The van der Waals surface area contributed by atoms with Gasteiger partial charge in [-0.2, -0.15) is 0 Å². The summed E-state index contributed by atoms with van der Waals surface area (Å²) in [6, 6.07) is 19.2. The van der Waals surface area contributed by atoms with Crippen LogP contribution in [0.3, 0.4) is 0 Å². The lowest BCUT2D eigenvalue weighted by Crippen LogP contribution is -2.32. The highest BCUT2D eigenvalue weighted by Crippen LogP contribution is 2.18. The van der Waals surface area contributed by atoms with Crippen molar-refractivity contribution in [2.24, 2.45) is 0 Å². The summed E-state index contributed by atoms with van der Waals surface area (Å²) in [7, 11) is 0. The molecule has 13 nitrogen and oxygen atoms in total. The van der Waals surface area contributed by atoms with Crippen molar-refractivity contribution in [3.8, 4) is 0 Å². The third-order valence-corrected chi connectivity index (χ3v) is 8.33. The van der Waals surface area contributed by atoms with Gasteiger partial charge in [0.25, 0.3) is 0 Å². The van der Waals surface area contributed by atoms with E-state index in [1.54, 1.807) is 77.7 Å². The van der Waals surface area contributed by atoms with Crippen molar-refractivity contribution >= 4 is 35.3 Å². The van der Waals surface area contributed by atoms with Gasteiger partial charge in [-0.15, -0.1) is 0 Å². The Bertz CT molecular complexity index is 1630. The van der Waals surface area contributed by atoms with Crippen LogP contribution in [-0.4, -0.2) is 91.9 Å². The Morgan fingerprint density at radius 1 is 0.473 bits per heavy atom. The Kier molecular flexibility index (Phi) is 15.7. The van der Waals surface area contributed by atoms with Crippen molar-refractivity contribution in [1.82, 2.24) is 4.90 Å². The van der Waals surface area contributed by atoms with Crippen LogP contribution in [0.5, 0.6) is 0 Å². The minimum absolute atomic E-state index is 0.0869. The molecule has 13 heteroatoms. The molecule has 0 heterocycles. The number of ether oxygens (including phenoxy) is 3. The Morgan fingerprint density at radius 2 is 0.727 bits per heavy atom. The summed E-state index contributed by atoms with van der Waals surface area (Å²) in [6.07, 6.45) is -0.261. The number of rotatable bonds is 21. The van der Waals surface area contributed by atoms with Crippen molar-refractivity contribution in [3.63, 3.8) is 0 Å². The Hall–Kier alpha value is -5.08. The number of aliphatic hydroxyl groups is 3. The smallest absolute Gasteiger partial charge is 0.307 e. The van der Waals surface area contributed by atoms with Crippen molar-refractivity contribution in [2.45, 2.75) is 97.4 Å².